The monoisotopic (exact) mass is 442 g/mol. The molecule has 0 spiro atoms. The predicted molar refractivity (Wildman–Crippen MR) is 108 cm³/mol. The second-order valence-electron chi connectivity index (χ2n) is 5.59. The van der Waals surface area contributed by atoms with Crippen LogP contribution >= 0.6 is 35.3 Å². The molecule has 2 aromatic rings. The van der Waals surface area contributed by atoms with Crippen LogP contribution in [0.2, 0.25) is 0 Å². The molecule has 1 saturated heterocycles. The van der Waals surface area contributed by atoms with Gasteiger partial charge in [-0.2, -0.15) is 0 Å². The van der Waals surface area contributed by atoms with Crippen LogP contribution in [0.5, 0.6) is 0 Å². The molecule has 0 bridgehead atoms. The number of hydrogen-bond acceptors (Lipinski definition) is 3. The number of aromatic nitrogens is 1. The summed E-state index contributed by atoms with van der Waals surface area (Å²) in [5.41, 5.74) is 8.28. The third-order valence-corrected chi connectivity index (χ3v) is 4.85. The van der Waals surface area contributed by atoms with E-state index in [4.69, 9.17) is 5.73 Å². The fraction of sp³-hybridized carbons (Fsp3) is 0.412. The summed E-state index contributed by atoms with van der Waals surface area (Å²) in [6, 6.07) is 10.2. The van der Waals surface area contributed by atoms with Gasteiger partial charge in [0.15, 0.2) is 5.96 Å². The first-order valence-electron chi connectivity index (χ1n) is 7.87. The highest BCUT2D eigenvalue weighted by atomic mass is 127. The van der Waals surface area contributed by atoms with Crippen LogP contribution in [0.15, 0.2) is 40.7 Å². The number of guanidine groups is 1. The zero-order valence-corrected chi connectivity index (χ0v) is 16.3. The molecule has 1 aromatic carbocycles. The second kappa shape index (κ2) is 9.22. The van der Waals surface area contributed by atoms with Crippen molar-refractivity contribution in [3.63, 3.8) is 0 Å². The highest BCUT2D eigenvalue weighted by Crippen LogP contribution is 2.23. The number of nitrogens with zero attached hydrogens (tertiary/aromatic N) is 3. The third kappa shape index (κ3) is 5.17. The Hall–Kier alpha value is -1.15. The summed E-state index contributed by atoms with van der Waals surface area (Å²) < 4.78 is 0. The van der Waals surface area contributed by atoms with Gasteiger partial charge in [-0.05, 0) is 12.8 Å². The Bertz CT molecular complexity index is 619. The molecule has 0 radical (unpaired) electrons. The van der Waals surface area contributed by atoms with Gasteiger partial charge in [0.05, 0.1) is 12.2 Å². The molecule has 2 N–H and O–H groups in total. The van der Waals surface area contributed by atoms with Gasteiger partial charge in [0, 0.05) is 24.0 Å². The van der Waals surface area contributed by atoms with Gasteiger partial charge in [-0.3, -0.25) is 0 Å². The molecule has 1 aliphatic rings. The maximum absolute atomic E-state index is 6.14. The van der Waals surface area contributed by atoms with Crippen LogP contribution in [0.1, 0.15) is 31.4 Å². The molecule has 6 heteroatoms. The van der Waals surface area contributed by atoms with E-state index < -0.39 is 0 Å². The van der Waals surface area contributed by atoms with Crippen LogP contribution < -0.4 is 5.73 Å². The molecule has 4 nitrogen and oxygen atoms in total. The molecule has 0 amide bonds. The topological polar surface area (TPSA) is 54.5 Å². The number of thiazole rings is 1. The summed E-state index contributed by atoms with van der Waals surface area (Å²) in [4.78, 5) is 11.4. The van der Waals surface area contributed by atoms with Crippen LogP contribution in [0.25, 0.3) is 10.6 Å². The highest BCUT2D eigenvalue weighted by molar-refractivity contribution is 14.0. The van der Waals surface area contributed by atoms with Gasteiger partial charge in [-0.1, -0.05) is 43.2 Å². The van der Waals surface area contributed by atoms with Crippen molar-refractivity contribution < 1.29 is 0 Å². The molecule has 3 rings (SSSR count). The minimum absolute atomic E-state index is 0. The smallest absolute Gasteiger partial charge is 0.191 e. The highest BCUT2D eigenvalue weighted by Gasteiger charge is 2.11. The van der Waals surface area contributed by atoms with Crippen molar-refractivity contribution in [3.8, 4) is 10.6 Å². The average molecular weight is 442 g/mol. The summed E-state index contributed by atoms with van der Waals surface area (Å²) in [6.45, 7) is 2.62. The van der Waals surface area contributed by atoms with Gasteiger partial charge in [0.25, 0.3) is 0 Å². The number of aliphatic imine (C=N–C) groups is 1. The summed E-state index contributed by atoms with van der Waals surface area (Å²) in [5.74, 6) is 0.663. The van der Waals surface area contributed by atoms with Crippen molar-refractivity contribution in [1.82, 2.24) is 9.88 Å². The van der Waals surface area contributed by atoms with Crippen molar-refractivity contribution in [2.75, 3.05) is 13.1 Å². The van der Waals surface area contributed by atoms with E-state index in [1.807, 2.05) is 18.2 Å². The molecule has 1 fully saturated rings. The summed E-state index contributed by atoms with van der Waals surface area (Å²) in [7, 11) is 0. The maximum atomic E-state index is 6.14. The first kappa shape index (κ1) is 18.2. The van der Waals surface area contributed by atoms with E-state index in [0.29, 0.717) is 12.5 Å². The molecule has 0 aliphatic carbocycles. The minimum atomic E-state index is 0. The van der Waals surface area contributed by atoms with Crippen molar-refractivity contribution in [2.24, 2.45) is 10.7 Å². The van der Waals surface area contributed by atoms with Gasteiger partial charge in [0.2, 0.25) is 0 Å². The number of benzene rings is 1. The molecule has 0 saturated carbocycles. The average Bonchev–Trinajstić information content (AvgIpc) is 2.87. The quantitative estimate of drug-likeness (QED) is 0.442. The van der Waals surface area contributed by atoms with Crippen LogP contribution in [-0.4, -0.2) is 28.9 Å². The zero-order valence-electron chi connectivity index (χ0n) is 13.1. The maximum Gasteiger partial charge on any atom is 0.191 e. The zero-order chi connectivity index (χ0) is 15.2. The van der Waals surface area contributed by atoms with E-state index in [9.17, 15) is 0 Å². The Morgan fingerprint density at radius 1 is 1.13 bits per heavy atom. The van der Waals surface area contributed by atoms with Crippen LogP contribution in [0.4, 0.5) is 0 Å². The van der Waals surface area contributed by atoms with E-state index in [-0.39, 0.29) is 24.0 Å². The van der Waals surface area contributed by atoms with E-state index in [0.717, 1.165) is 29.4 Å². The fourth-order valence-electron chi connectivity index (χ4n) is 2.65. The lowest BCUT2D eigenvalue weighted by Gasteiger charge is -2.20. The molecule has 124 valence electrons. The lowest BCUT2D eigenvalue weighted by molar-refractivity contribution is 0.428. The number of rotatable bonds is 3. The molecule has 23 heavy (non-hydrogen) atoms. The Morgan fingerprint density at radius 3 is 2.52 bits per heavy atom. The number of likely N-dealkylation sites (tertiary alicyclic amines) is 1. The van der Waals surface area contributed by atoms with Gasteiger partial charge in [-0.25, -0.2) is 9.98 Å². The van der Waals surface area contributed by atoms with Crippen LogP contribution in [-0.2, 0) is 6.54 Å². The van der Waals surface area contributed by atoms with Crippen molar-refractivity contribution >= 4 is 41.3 Å². The molecular formula is C17H23IN4S. The van der Waals surface area contributed by atoms with Crippen molar-refractivity contribution in [3.05, 3.63) is 41.4 Å². The van der Waals surface area contributed by atoms with Crippen molar-refractivity contribution in [2.45, 2.75) is 32.2 Å². The van der Waals surface area contributed by atoms with Crippen molar-refractivity contribution in [1.29, 1.82) is 0 Å². The summed E-state index contributed by atoms with van der Waals surface area (Å²) >= 11 is 1.66. The summed E-state index contributed by atoms with van der Waals surface area (Å²) in [6.07, 6.45) is 5.03. The second-order valence-corrected chi connectivity index (χ2v) is 6.44. The first-order chi connectivity index (χ1) is 10.8. The lowest BCUT2D eigenvalue weighted by Crippen LogP contribution is -2.38. The van der Waals surface area contributed by atoms with Gasteiger partial charge in [-0.15, -0.1) is 35.3 Å². The molecule has 2 heterocycles. The summed E-state index contributed by atoms with van der Waals surface area (Å²) in [5, 5.41) is 3.11. The number of hydrogen-bond donors (Lipinski definition) is 1. The Balaban J connectivity index is 0.00000192. The molecule has 1 aliphatic heterocycles. The Kier molecular flexibility index (Phi) is 7.29. The van der Waals surface area contributed by atoms with Crippen LogP contribution in [0.3, 0.4) is 0 Å². The fourth-order valence-corrected chi connectivity index (χ4v) is 3.47. The van der Waals surface area contributed by atoms with E-state index in [1.54, 1.807) is 11.3 Å². The van der Waals surface area contributed by atoms with Gasteiger partial charge in [0.1, 0.15) is 5.01 Å². The van der Waals surface area contributed by atoms with Gasteiger partial charge < -0.3 is 10.6 Å². The standard InChI is InChI=1S/C17H22N4S.HI/c18-17(21-10-6-1-2-7-11-21)19-12-15-13-22-16(20-15)14-8-4-3-5-9-14;/h3-5,8-9,13H,1-2,6-7,10-12H2,(H2,18,19);1H. The molecule has 0 unspecified atom stereocenters. The number of halogens is 1. The largest absolute Gasteiger partial charge is 0.370 e. The Morgan fingerprint density at radius 2 is 1.83 bits per heavy atom. The number of nitrogens with two attached hydrogens (primary N) is 1. The van der Waals surface area contributed by atoms with Crippen LogP contribution in [0, 0.1) is 0 Å². The van der Waals surface area contributed by atoms with E-state index in [2.05, 4.69) is 32.4 Å². The normalized spacial score (nSPS) is 15.8. The predicted octanol–water partition coefficient (Wildman–Crippen LogP) is 4.12. The third-order valence-electron chi connectivity index (χ3n) is 3.91. The minimum Gasteiger partial charge on any atom is -0.370 e. The van der Waals surface area contributed by atoms with Gasteiger partial charge >= 0.3 is 0 Å². The molecule has 0 atom stereocenters. The molecule has 1 aromatic heterocycles. The SMILES string of the molecule is I.NC(=NCc1csc(-c2ccccc2)n1)N1CCCCCC1. The molecular weight excluding hydrogens is 419 g/mol. The van der Waals surface area contributed by atoms with E-state index in [1.165, 1.54) is 25.7 Å². The van der Waals surface area contributed by atoms with E-state index >= 15 is 0 Å². The Labute approximate surface area is 158 Å². The lowest BCUT2D eigenvalue weighted by atomic mass is 10.2. The first-order valence-corrected chi connectivity index (χ1v) is 8.75.